The van der Waals surface area contributed by atoms with Gasteiger partial charge in [0.05, 0.1) is 6.04 Å². The molecule has 4 nitrogen and oxygen atoms in total. The van der Waals surface area contributed by atoms with Gasteiger partial charge in [0.2, 0.25) is 0 Å². The summed E-state index contributed by atoms with van der Waals surface area (Å²) in [6.07, 6.45) is 2.25. The van der Waals surface area contributed by atoms with Gasteiger partial charge in [0, 0.05) is 0 Å². The SMILES string of the molecule is Cc1cc(C)cc(C2(C)NC(=NC3CC3)NC2=O)c1. The third kappa shape index (κ3) is 2.23. The van der Waals surface area contributed by atoms with Gasteiger partial charge in [-0.25, -0.2) is 4.99 Å². The molecule has 1 amide bonds. The van der Waals surface area contributed by atoms with Crippen molar-refractivity contribution in [3.8, 4) is 0 Å². The molecule has 2 N–H and O–H groups in total. The lowest BCUT2D eigenvalue weighted by Gasteiger charge is -2.22. The summed E-state index contributed by atoms with van der Waals surface area (Å²) in [6, 6.07) is 6.61. The molecule has 0 bridgehead atoms. The van der Waals surface area contributed by atoms with Gasteiger partial charge >= 0.3 is 0 Å². The number of aryl methyl sites for hydroxylation is 2. The zero-order valence-corrected chi connectivity index (χ0v) is 11.6. The van der Waals surface area contributed by atoms with Crippen LogP contribution in [0.3, 0.4) is 0 Å². The number of hydrogen-bond acceptors (Lipinski definition) is 2. The molecular weight excluding hydrogens is 238 g/mol. The molecule has 1 unspecified atom stereocenters. The predicted molar refractivity (Wildman–Crippen MR) is 75.0 cm³/mol. The minimum atomic E-state index is -0.718. The first-order chi connectivity index (χ1) is 8.97. The van der Waals surface area contributed by atoms with E-state index in [0.29, 0.717) is 12.0 Å². The minimum absolute atomic E-state index is 0.0306. The molecular formula is C15H19N3O. The first-order valence-electron chi connectivity index (χ1n) is 6.73. The fourth-order valence-electron chi connectivity index (χ4n) is 2.47. The van der Waals surface area contributed by atoms with Gasteiger partial charge < -0.3 is 5.32 Å². The highest BCUT2D eigenvalue weighted by Gasteiger charge is 2.43. The Morgan fingerprint density at radius 2 is 1.84 bits per heavy atom. The summed E-state index contributed by atoms with van der Waals surface area (Å²) in [5, 5.41) is 6.10. The summed E-state index contributed by atoms with van der Waals surface area (Å²) in [5.41, 5.74) is 2.60. The Morgan fingerprint density at radius 3 is 2.42 bits per heavy atom. The third-order valence-electron chi connectivity index (χ3n) is 3.71. The topological polar surface area (TPSA) is 53.5 Å². The summed E-state index contributed by atoms with van der Waals surface area (Å²) in [7, 11) is 0. The molecule has 1 atom stereocenters. The number of carbonyl (C=O) groups excluding carboxylic acids is 1. The van der Waals surface area contributed by atoms with Gasteiger partial charge in [-0.1, -0.05) is 29.3 Å². The quantitative estimate of drug-likeness (QED) is 0.848. The molecule has 3 rings (SSSR count). The molecule has 1 saturated carbocycles. The van der Waals surface area contributed by atoms with Crippen molar-refractivity contribution < 1.29 is 4.79 Å². The fraction of sp³-hybridized carbons (Fsp3) is 0.467. The molecule has 2 aliphatic rings. The Morgan fingerprint density at radius 1 is 1.21 bits per heavy atom. The molecule has 1 aliphatic heterocycles. The van der Waals surface area contributed by atoms with E-state index in [9.17, 15) is 4.79 Å². The van der Waals surface area contributed by atoms with Crippen LogP contribution in [0.25, 0.3) is 0 Å². The molecule has 19 heavy (non-hydrogen) atoms. The zero-order chi connectivity index (χ0) is 13.6. The predicted octanol–water partition coefficient (Wildman–Crippen LogP) is 1.76. The molecule has 0 radical (unpaired) electrons. The van der Waals surface area contributed by atoms with Crippen molar-refractivity contribution in [3.05, 3.63) is 34.9 Å². The van der Waals surface area contributed by atoms with Gasteiger partial charge in [-0.05, 0) is 39.2 Å². The molecule has 1 aliphatic carbocycles. The molecule has 2 fully saturated rings. The van der Waals surface area contributed by atoms with Crippen LogP contribution in [-0.2, 0) is 10.3 Å². The fourth-order valence-corrected chi connectivity index (χ4v) is 2.47. The van der Waals surface area contributed by atoms with Crippen LogP contribution in [0.5, 0.6) is 0 Å². The van der Waals surface area contributed by atoms with Crippen LogP contribution in [0.1, 0.15) is 36.5 Å². The van der Waals surface area contributed by atoms with Crippen LogP contribution in [0, 0.1) is 13.8 Å². The Balaban J connectivity index is 1.95. The van der Waals surface area contributed by atoms with Crippen molar-refractivity contribution in [1.29, 1.82) is 0 Å². The lowest BCUT2D eigenvalue weighted by molar-refractivity contribution is -0.123. The average molecular weight is 257 g/mol. The molecule has 1 heterocycles. The number of nitrogens with one attached hydrogen (secondary N) is 2. The van der Waals surface area contributed by atoms with E-state index in [1.54, 1.807) is 0 Å². The van der Waals surface area contributed by atoms with Gasteiger partial charge in [0.15, 0.2) is 5.96 Å². The second-order valence-electron chi connectivity index (χ2n) is 5.79. The summed E-state index contributed by atoms with van der Waals surface area (Å²) in [5.74, 6) is 0.589. The van der Waals surface area contributed by atoms with E-state index in [0.717, 1.165) is 18.4 Å². The summed E-state index contributed by atoms with van der Waals surface area (Å²) in [4.78, 5) is 16.8. The summed E-state index contributed by atoms with van der Waals surface area (Å²) >= 11 is 0. The maximum atomic E-state index is 12.3. The average Bonchev–Trinajstić information content (AvgIpc) is 3.05. The highest BCUT2D eigenvalue weighted by molar-refractivity contribution is 6.09. The smallest absolute Gasteiger partial charge is 0.256 e. The second-order valence-corrected chi connectivity index (χ2v) is 5.79. The zero-order valence-electron chi connectivity index (χ0n) is 11.6. The Labute approximate surface area is 113 Å². The Bertz CT molecular complexity index is 555. The van der Waals surface area contributed by atoms with Gasteiger partial charge in [-0.15, -0.1) is 0 Å². The number of guanidine groups is 1. The normalized spacial score (nSPS) is 28.4. The number of amides is 1. The van der Waals surface area contributed by atoms with E-state index in [-0.39, 0.29) is 5.91 Å². The van der Waals surface area contributed by atoms with Gasteiger partial charge in [0.25, 0.3) is 5.91 Å². The second kappa shape index (κ2) is 4.08. The van der Waals surface area contributed by atoms with Crippen LogP contribution < -0.4 is 10.6 Å². The van der Waals surface area contributed by atoms with Crippen LogP contribution in [0.15, 0.2) is 23.2 Å². The first-order valence-corrected chi connectivity index (χ1v) is 6.73. The van der Waals surface area contributed by atoms with Crippen LogP contribution in [0.4, 0.5) is 0 Å². The van der Waals surface area contributed by atoms with Gasteiger partial charge in [-0.2, -0.15) is 0 Å². The van der Waals surface area contributed by atoms with Crippen molar-refractivity contribution in [2.45, 2.75) is 45.2 Å². The van der Waals surface area contributed by atoms with Crippen molar-refractivity contribution in [3.63, 3.8) is 0 Å². The van der Waals surface area contributed by atoms with E-state index in [2.05, 4.69) is 33.8 Å². The molecule has 1 saturated heterocycles. The van der Waals surface area contributed by atoms with E-state index >= 15 is 0 Å². The van der Waals surface area contributed by atoms with E-state index in [4.69, 9.17) is 0 Å². The number of nitrogens with zero attached hydrogens (tertiary/aromatic N) is 1. The lowest BCUT2D eigenvalue weighted by atomic mass is 9.90. The number of hydrogen-bond donors (Lipinski definition) is 2. The molecule has 0 spiro atoms. The monoisotopic (exact) mass is 257 g/mol. The van der Waals surface area contributed by atoms with Crippen molar-refractivity contribution in [2.24, 2.45) is 4.99 Å². The maximum Gasteiger partial charge on any atom is 0.256 e. The summed E-state index contributed by atoms with van der Waals surface area (Å²) < 4.78 is 0. The Kier molecular flexibility index (Phi) is 2.62. The summed E-state index contributed by atoms with van der Waals surface area (Å²) in [6.45, 7) is 6.00. The van der Waals surface area contributed by atoms with Crippen LogP contribution in [-0.4, -0.2) is 17.9 Å². The molecule has 0 aromatic heterocycles. The number of aliphatic imine (C=N–C) groups is 1. The van der Waals surface area contributed by atoms with Gasteiger partial charge in [0.1, 0.15) is 5.54 Å². The van der Waals surface area contributed by atoms with Crippen LogP contribution >= 0.6 is 0 Å². The standard InChI is InChI=1S/C15H19N3O/c1-9-6-10(2)8-11(7-9)15(3)13(19)17-14(18-15)16-12-4-5-12/h6-8,12H,4-5H2,1-3H3,(H2,16,17,18,19). The van der Waals surface area contributed by atoms with E-state index in [1.165, 1.54) is 11.1 Å². The minimum Gasteiger partial charge on any atom is -0.338 e. The first kappa shape index (κ1) is 12.2. The van der Waals surface area contributed by atoms with E-state index in [1.807, 2.05) is 20.8 Å². The largest absolute Gasteiger partial charge is 0.338 e. The van der Waals surface area contributed by atoms with Crippen molar-refractivity contribution in [1.82, 2.24) is 10.6 Å². The molecule has 1 aromatic carbocycles. The number of rotatable bonds is 2. The lowest BCUT2D eigenvalue weighted by Crippen LogP contribution is -2.40. The van der Waals surface area contributed by atoms with Crippen molar-refractivity contribution >= 4 is 11.9 Å². The third-order valence-corrected chi connectivity index (χ3v) is 3.71. The maximum absolute atomic E-state index is 12.3. The number of carbonyl (C=O) groups is 1. The highest BCUT2D eigenvalue weighted by Crippen LogP contribution is 2.28. The molecule has 100 valence electrons. The van der Waals surface area contributed by atoms with E-state index < -0.39 is 5.54 Å². The van der Waals surface area contributed by atoms with Gasteiger partial charge in [-0.3, -0.25) is 10.1 Å². The molecule has 1 aromatic rings. The Hall–Kier alpha value is -1.84. The highest BCUT2D eigenvalue weighted by atomic mass is 16.2. The molecule has 4 heteroatoms. The van der Waals surface area contributed by atoms with Crippen molar-refractivity contribution in [2.75, 3.05) is 0 Å². The number of benzene rings is 1. The van der Waals surface area contributed by atoms with Crippen LogP contribution in [0.2, 0.25) is 0 Å².